The fourth-order valence-corrected chi connectivity index (χ4v) is 1.76. The number of halogens is 3. The van der Waals surface area contributed by atoms with Gasteiger partial charge in [-0.1, -0.05) is 0 Å². The van der Waals surface area contributed by atoms with E-state index in [2.05, 4.69) is 4.74 Å². The number of benzene rings is 2. The zero-order chi connectivity index (χ0) is 15.4. The number of carbonyl (C=O) groups excluding carboxylic acids is 1. The maximum absolute atomic E-state index is 13.6. The van der Waals surface area contributed by atoms with Gasteiger partial charge in [0.2, 0.25) is 0 Å². The van der Waals surface area contributed by atoms with Crippen molar-refractivity contribution < 1.29 is 27.4 Å². The Kier molecular flexibility index (Phi) is 4.47. The molecule has 21 heavy (non-hydrogen) atoms. The highest BCUT2D eigenvalue weighted by Gasteiger charge is 2.13. The first-order chi connectivity index (χ1) is 10.0. The van der Waals surface area contributed by atoms with Gasteiger partial charge in [-0.15, -0.1) is 0 Å². The van der Waals surface area contributed by atoms with Gasteiger partial charge in [-0.2, -0.15) is 8.78 Å². The maximum Gasteiger partial charge on any atom is 0.387 e. The summed E-state index contributed by atoms with van der Waals surface area (Å²) in [7, 11) is 1.32. The molecule has 0 unspecified atom stereocenters. The van der Waals surface area contributed by atoms with E-state index in [9.17, 15) is 18.0 Å². The lowest BCUT2D eigenvalue weighted by molar-refractivity contribution is -0.0498. The van der Waals surface area contributed by atoms with E-state index in [0.717, 1.165) is 6.07 Å². The van der Waals surface area contributed by atoms with Gasteiger partial charge in [0.1, 0.15) is 5.75 Å². The van der Waals surface area contributed by atoms with Gasteiger partial charge in [-0.3, -0.25) is 4.79 Å². The van der Waals surface area contributed by atoms with Gasteiger partial charge in [0.15, 0.2) is 17.3 Å². The minimum atomic E-state index is -2.93. The van der Waals surface area contributed by atoms with Gasteiger partial charge in [-0.25, -0.2) is 4.39 Å². The van der Waals surface area contributed by atoms with Crippen LogP contribution in [0.2, 0.25) is 0 Å². The van der Waals surface area contributed by atoms with Crippen molar-refractivity contribution in [1.82, 2.24) is 0 Å². The monoisotopic (exact) mass is 296 g/mol. The van der Waals surface area contributed by atoms with Crippen molar-refractivity contribution >= 4 is 5.78 Å². The summed E-state index contributed by atoms with van der Waals surface area (Å²) in [4.78, 5) is 12.1. The lowest BCUT2D eigenvalue weighted by Crippen LogP contribution is -2.04. The van der Waals surface area contributed by atoms with Gasteiger partial charge in [0, 0.05) is 11.1 Å². The van der Waals surface area contributed by atoms with Crippen LogP contribution in [0.1, 0.15) is 15.9 Å². The molecule has 0 aliphatic heterocycles. The number of ketones is 1. The number of hydrogen-bond donors (Lipinski definition) is 0. The first-order valence-electron chi connectivity index (χ1n) is 5.94. The number of carbonyl (C=O) groups is 1. The molecule has 2 rings (SSSR count). The molecule has 0 heterocycles. The van der Waals surface area contributed by atoms with Gasteiger partial charge in [0.25, 0.3) is 0 Å². The zero-order valence-electron chi connectivity index (χ0n) is 11.0. The van der Waals surface area contributed by atoms with E-state index in [1.807, 2.05) is 0 Å². The van der Waals surface area contributed by atoms with Crippen LogP contribution in [0.3, 0.4) is 0 Å². The topological polar surface area (TPSA) is 35.5 Å². The molecular weight excluding hydrogens is 285 g/mol. The highest BCUT2D eigenvalue weighted by Crippen LogP contribution is 2.21. The van der Waals surface area contributed by atoms with Gasteiger partial charge in [0.05, 0.1) is 7.11 Å². The molecule has 0 aliphatic rings. The maximum atomic E-state index is 13.6. The molecule has 0 saturated heterocycles. The van der Waals surface area contributed by atoms with Crippen LogP contribution in [0.15, 0.2) is 42.5 Å². The van der Waals surface area contributed by atoms with Crippen molar-refractivity contribution in [1.29, 1.82) is 0 Å². The molecule has 0 radical (unpaired) electrons. The number of ether oxygens (including phenoxy) is 2. The Morgan fingerprint density at radius 1 is 1.05 bits per heavy atom. The fraction of sp³-hybridized carbons (Fsp3) is 0.133. The molecule has 0 aromatic heterocycles. The van der Waals surface area contributed by atoms with Crippen molar-refractivity contribution in [3.63, 3.8) is 0 Å². The number of methoxy groups -OCH3 is 1. The predicted octanol–water partition coefficient (Wildman–Crippen LogP) is 3.67. The van der Waals surface area contributed by atoms with E-state index in [1.165, 1.54) is 43.5 Å². The third kappa shape index (κ3) is 3.53. The van der Waals surface area contributed by atoms with Crippen LogP contribution in [-0.2, 0) is 0 Å². The third-order valence-electron chi connectivity index (χ3n) is 2.76. The molecule has 0 spiro atoms. The summed E-state index contributed by atoms with van der Waals surface area (Å²) < 4.78 is 46.5. The van der Waals surface area contributed by atoms with Crippen molar-refractivity contribution in [3.8, 4) is 11.5 Å². The van der Waals surface area contributed by atoms with E-state index in [0.29, 0.717) is 0 Å². The first kappa shape index (κ1) is 14.9. The Balaban J connectivity index is 2.21. The van der Waals surface area contributed by atoms with Gasteiger partial charge < -0.3 is 9.47 Å². The standard InChI is InChI=1S/C15H11F3O3/c1-20-13-7-4-10(8-12(13)16)14(19)9-2-5-11(6-3-9)21-15(17)18/h2-8,15H,1H3. The SMILES string of the molecule is COc1ccc(C(=O)c2ccc(OC(F)F)cc2)cc1F. The Hall–Kier alpha value is -2.50. The van der Waals surface area contributed by atoms with Crippen molar-refractivity contribution in [3.05, 3.63) is 59.4 Å². The lowest BCUT2D eigenvalue weighted by atomic mass is 10.0. The average Bonchev–Trinajstić information content (AvgIpc) is 2.46. The van der Waals surface area contributed by atoms with Crippen LogP contribution in [0.4, 0.5) is 13.2 Å². The largest absolute Gasteiger partial charge is 0.494 e. The minimum absolute atomic E-state index is 0.0345. The predicted molar refractivity (Wildman–Crippen MR) is 69.5 cm³/mol. The molecule has 0 saturated carbocycles. The van der Waals surface area contributed by atoms with Crippen molar-refractivity contribution in [2.24, 2.45) is 0 Å². The Morgan fingerprint density at radius 2 is 1.67 bits per heavy atom. The second kappa shape index (κ2) is 6.30. The summed E-state index contributed by atoms with van der Waals surface area (Å²) in [6, 6.07) is 9.00. The average molecular weight is 296 g/mol. The number of hydrogen-bond acceptors (Lipinski definition) is 3. The van der Waals surface area contributed by atoms with Gasteiger partial charge in [-0.05, 0) is 42.5 Å². The lowest BCUT2D eigenvalue weighted by Gasteiger charge is -2.07. The quantitative estimate of drug-likeness (QED) is 0.790. The second-order valence-corrected chi connectivity index (χ2v) is 4.08. The number of rotatable bonds is 5. The van der Waals surface area contributed by atoms with Crippen molar-refractivity contribution in [2.45, 2.75) is 6.61 Å². The van der Waals surface area contributed by atoms with Gasteiger partial charge >= 0.3 is 6.61 Å². The van der Waals surface area contributed by atoms with E-state index in [1.54, 1.807) is 0 Å². The highest BCUT2D eigenvalue weighted by molar-refractivity contribution is 6.09. The van der Waals surface area contributed by atoms with Crippen LogP contribution in [-0.4, -0.2) is 19.5 Å². The second-order valence-electron chi connectivity index (χ2n) is 4.08. The van der Waals surface area contributed by atoms with Crippen LogP contribution < -0.4 is 9.47 Å². The molecule has 0 fully saturated rings. The molecule has 2 aromatic carbocycles. The van der Waals surface area contributed by atoms with Crippen molar-refractivity contribution in [2.75, 3.05) is 7.11 Å². The molecule has 0 N–H and O–H groups in total. The zero-order valence-corrected chi connectivity index (χ0v) is 11.0. The van der Waals surface area contributed by atoms with E-state index >= 15 is 0 Å². The Morgan fingerprint density at radius 3 is 2.19 bits per heavy atom. The van der Waals surface area contributed by atoms with Crippen LogP contribution in [0.5, 0.6) is 11.5 Å². The summed E-state index contributed by atoms with van der Waals surface area (Å²) in [5.41, 5.74) is 0.372. The van der Waals surface area contributed by atoms with E-state index in [4.69, 9.17) is 4.74 Å². The van der Waals surface area contributed by atoms with Crippen LogP contribution in [0.25, 0.3) is 0 Å². The van der Waals surface area contributed by atoms with E-state index < -0.39 is 18.2 Å². The normalized spacial score (nSPS) is 10.5. The fourth-order valence-electron chi connectivity index (χ4n) is 1.76. The Bertz CT molecular complexity index is 639. The summed E-state index contributed by atoms with van der Waals surface area (Å²) in [5.74, 6) is -1.10. The summed E-state index contributed by atoms with van der Waals surface area (Å²) >= 11 is 0. The molecule has 110 valence electrons. The molecule has 0 atom stereocenters. The third-order valence-corrected chi connectivity index (χ3v) is 2.76. The molecular formula is C15H11F3O3. The molecule has 0 aliphatic carbocycles. The summed E-state index contributed by atoms with van der Waals surface area (Å²) in [6.45, 7) is -2.93. The molecule has 0 bridgehead atoms. The molecule has 2 aromatic rings. The minimum Gasteiger partial charge on any atom is -0.494 e. The molecule has 6 heteroatoms. The number of alkyl halides is 2. The smallest absolute Gasteiger partial charge is 0.387 e. The van der Waals surface area contributed by atoms with Crippen LogP contribution in [0, 0.1) is 5.82 Å². The summed E-state index contributed by atoms with van der Waals surface area (Å²) in [6.07, 6.45) is 0. The van der Waals surface area contributed by atoms with Crippen LogP contribution >= 0.6 is 0 Å². The first-order valence-corrected chi connectivity index (χ1v) is 5.94. The highest BCUT2D eigenvalue weighted by atomic mass is 19.3. The Labute approximate surface area is 118 Å². The van der Waals surface area contributed by atoms with E-state index in [-0.39, 0.29) is 22.6 Å². The molecule has 0 amide bonds. The molecule has 3 nitrogen and oxygen atoms in total. The summed E-state index contributed by atoms with van der Waals surface area (Å²) in [5, 5.41) is 0.